The van der Waals surface area contributed by atoms with Crippen LogP contribution in [-0.2, 0) is 0 Å². The first-order chi connectivity index (χ1) is 12.7. The maximum atomic E-state index is 12.5. The smallest absolute Gasteiger partial charge is 0.255 e. The van der Waals surface area contributed by atoms with Gasteiger partial charge in [-0.25, -0.2) is 0 Å². The summed E-state index contributed by atoms with van der Waals surface area (Å²) in [6.45, 7) is 0. The molecule has 26 heavy (non-hydrogen) atoms. The molecule has 2 aliphatic rings. The van der Waals surface area contributed by atoms with Gasteiger partial charge in [0.1, 0.15) is 11.0 Å². The fraction of sp³-hybridized carbons (Fsp3) is 0.316. The van der Waals surface area contributed by atoms with E-state index < -0.39 is 5.79 Å². The standard InChI is InChI=1S/C19H18N4O3/c24-18(12-4-6-14-15(10-12)22-23-21-14)20-13-5-7-16-17(11-13)26-19(25-16)8-2-1-3-9-19/h4-7,10-11H,1-3,8-9H2,(H,20,24)(H,21,22,23). The second kappa shape index (κ2) is 5.72. The summed E-state index contributed by atoms with van der Waals surface area (Å²) in [5, 5.41) is 13.4. The van der Waals surface area contributed by atoms with Gasteiger partial charge in [0.2, 0.25) is 0 Å². The topological polar surface area (TPSA) is 89.1 Å². The molecule has 1 saturated carbocycles. The van der Waals surface area contributed by atoms with Gasteiger partial charge in [-0.05, 0) is 43.2 Å². The summed E-state index contributed by atoms with van der Waals surface area (Å²) in [6, 6.07) is 10.7. The summed E-state index contributed by atoms with van der Waals surface area (Å²) in [7, 11) is 0. The van der Waals surface area contributed by atoms with Crippen LogP contribution in [0.4, 0.5) is 5.69 Å². The van der Waals surface area contributed by atoms with Gasteiger partial charge in [-0.15, -0.1) is 0 Å². The second-order valence-corrected chi connectivity index (χ2v) is 6.82. The molecule has 1 aliphatic heterocycles. The maximum Gasteiger partial charge on any atom is 0.255 e. The van der Waals surface area contributed by atoms with E-state index >= 15 is 0 Å². The Morgan fingerprint density at radius 3 is 2.65 bits per heavy atom. The Kier molecular flexibility index (Phi) is 3.34. The molecule has 5 rings (SSSR count). The molecule has 0 unspecified atom stereocenters. The average molecular weight is 350 g/mol. The Morgan fingerprint density at radius 2 is 1.77 bits per heavy atom. The normalized spacial score (nSPS) is 17.5. The molecule has 0 atom stereocenters. The molecule has 1 spiro atoms. The number of ether oxygens (including phenoxy) is 2. The number of amides is 1. The van der Waals surface area contributed by atoms with E-state index in [1.54, 1.807) is 18.2 Å². The third kappa shape index (κ3) is 2.56. The van der Waals surface area contributed by atoms with Gasteiger partial charge in [0.05, 0.1) is 0 Å². The lowest BCUT2D eigenvalue weighted by molar-refractivity contribution is -0.105. The number of aromatic amines is 1. The lowest BCUT2D eigenvalue weighted by Crippen LogP contribution is -2.40. The van der Waals surface area contributed by atoms with E-state index in [1.807, 2.05) is 18.2 Å². The van der Waals surface area contributed by atoms with E-state index in [2.05, 4.69) is 20.7 Å². The Balaban J connectivity index is 1.35. The lowest BCUT2D eigenvalue weighted by atomic mass is 9.94. The van der Waals surface area contributed by atoms with Gasteiger partial charge in [0.25, 0.3) is 11.7 Å². The van der Waals surface area contributed by atoms with E-state index in [-0.39, 0.29) is 5.91 Å². The van der Waals surface area contributed by atoms with Crippen LogP contribution >= 0.6 is 0 Å². The van der Waals surface area contributed by atoms with Gasteiger partial charge in [0, 0.05) is 30.2 Å². The van der Waals surface area contributed by atoms with Crippen LogP contribution in [0.5, 0.6) is 11.5 Å². The molecule has 0 radical (unpaired) electrons. The van der Waals surface area contributed by atoms with Crippen LogP contribution in [0.3, 0.4) is 0 Å². The van der Waals surface area contributed by atoms with Crippen molar-refractivity contribution in [1.29, 1.82) is 0 Å². The molecule has 1 amide bonds. The van der Waals surface area contributed by atoms with Crippen LogP contribution < -0.4 is 14.8 Å². The number of benzene rings is 2. The molecule has 0 bridgehead atoms. The molecule has 1 fully saturated rings. The van der Waals surface area contributed by atoms with Gasteiger partial charge < -0.3 is 14.8 Å². The first kappa shape index (κ1) is 15.2. The maximum absolute atomic E-state index is 12.5. The van der Waals surface area contributed by atoms with E-state index in [9.17, 15) is 4.79 Å². The highest BCUT2D eigenvalue weighted by Gasteiger charge is 2.42. The average Bonchev–Trinajstić information content (AvgIpc) is 3.25. The number of hydrogen-bond donors (Lipinski definition) is 2. The minimum absolute atomic E-state index is 0.207. The van der Waals surface area contributed by atoms with Crippen molar-refractivity contribution >= 4 is 22.6 Å². The van der Waals surface area contributed by atoms with Gasteiger partial charge in [-0.3, -0.25) is 4.79 Å². The number of nitrogens with zero attached hydrogens (tertiary/aromatic N) is 2. The fourth-order valence-electron chi connectivity index (χ4n) is 3.65. The second-order valence-electron chi connectivity index (χ2n) is 6.82. The van der Waals surface area contributed by atoms with Crippen LogP contribution in [0.1, 0.15) is 42.5 Å². The van der Waals surface area contributed by atoms with Crippen LogP contribution in [0.2, 0.25) is 0 Å². The van der Waals surface area contributed by atoms with Crippen LogP contribution in [-0.4, -0.2) is 27.1 Å². The largest absolute Gasteiger partial charge is 0.448 e. The molecule has 0 saturated heterocycles. The molecule has 1 aliphatic carbocycles. The molecule has 2 N–H and O–H groups in total. The summed E-state index contributed by atoms with van der Waals surface area (Å²) in [5.74, 6) is 0.716. The van der Waals surface area contributed by atoms with Gasteiger partial charge >= 0.3 is 0 Å². The van der Waals surface area contributed by atoms with Crippen molar-refractivity contribution in [3.05, 3.63) is 42.0 Å². The molecule has 7 nitrogen and oxygen atoms in total. The zero-order chi connectivity index (χ0) is 17.6. The Labute approximate surface area is 149 Å². The first-order valence-electron chi connectivity index (χ1n) is 8.85. The molecule has 1 aromatic heterocycles. The lowest BCUT2D eigenvalue weighted by Gasteiger charge is -2.31. The SMILES string of the molecule is O=C(Nc1ccc2c(c1)OC1(CCCCC1)O2)c1ccc2n[nH]nc2c1. The van der Waals surface area contributed by atoms with Crippen LogP contribution in [0.25, 0.3) is 11.0 Å². The number of carbonyl (C=O) groups excluding carboxylic acids is 1. The number of fused-ring (bicyclic) bond motifs is 2. The number of rotatable bonds is 2. The quantitative estimate of drug-likeness (QED) is 0.736. The van der Waals surface area contributed by atoms with Crippen molar-refractivity contribution in [2.24, 2.45) is 0 Å². The fourth-order valence-corrected chi connectivity index (χ4v) is 3.65. The molecule has 2 heterocycles. The van der Waals surface area contributed by atoms with Crippen molar-refractivity contribution in [2.45, 2.75) is 37.9 Å². The summed E-state index contributed by atoms with van der Waals surface area (Å²) in [5.41, 5.74) is 2.57. The van der Waals surface area contributed by atoms with Crippen molar-refractivity contribution in [1.82, 2.24) is 15.4 Å². The highest BCUT2D eigenvalue weighted by atomic mass is 16.7. The predicted octanol–water partition coefficient (Wildman–Crippen LogP) is 3.64. The van der Waals surface area contributed by atoms with Crippen molar-refractivity contribution in [2.75, 3.05) is 5.32 Å². The van der Waals surface area contributed by atoms with E-state index in [0.717, 1.165) is 36.9 Å². The Hall–Kier alpha value is -3.09. The number of hydrogen-bond acceptors (Lipinski definition) is 5. The Morgan fingerprint density at radius 1 is 0.962 bits per heavy atom. The number of aromatic nitrogens is 3. The molecular formula is C19H18N4O3. The summed E-state index contributed by atoms with van der Waals surface area (Å²) >= 11 is 0. The number of nitrogens with one attached hydrogen (secondary N) is 2. The van der Waals surface area contributed by atoms with Crippen LogP contribution in [0, 0.1) is 0 Å². The molecular weight excluding hydrogens is 332 g/mol. The zero-order valence-electron chi connectivity index (χ0n) is 14.1. The minimum Gasteiger partial charge on any atom is -0.448 e. The number of carbonyl (C=O) groups is 1. The van der Waals surface area contributed by atoms with Crippen LogP contribution in [0.15, 0.2) is 36.4 Å². The highest BCUT2D eigenvalue weighted by Crippen LogP contribution is 2.46. The Bertz CT molecular complexity index is 991. The number of anilines is 1. The monoisotopic (exact) mass is 350 g/mol. The van der Waals surface area contributed by atoms with Gasteiger partial charge in [-0.2, -0.15) is 15.4 Å². The van der Waals surface area contributed by atoms with Crippen molar-refractivity contribution in [3.63, 3.8) is 0 Å². The molecule has 7 heteroatoms. The summed E-state index contributed by atoms with van der Waals surface area (Å²) in [4.78, 5) is 12.5. The van der Waals surface area contributed by atoms with E-state index in [4.69, 9.17) is 9.47 Å². The third-order valence-corrected chi connectivity index (χ3v) is 4.99. The predicted molar refractivity (Wildman–Crippen MR) is 95.4 cm³/mol. The molecule has 132 valence electrons. The highest BCUT2D eigenvalue weighted by molar-refractivity contribution is 6.06. The minimum atomic E-state index is -0.513. The third-order valence-electron chi connectivity index (χ3n) is 4.99. The van der Waals surface area contributed by atoms with Crippen molar-refractivity contribution in [3.8, 4) is 11.5 Å². The van der Waals surface area contributed by atoms with E-state index in [0.29, 0.717) is 22.5 Å². The molecule has 2 aromatic carbocycles. The first-order valence-corrected chi connectivity index (χ1v) is 8.85. The zero-order valence-corrected chi connectivity index (χ0v) is 14.1. The molecule has 3 aromatic rings. The van der Waals surface area contributed by atoms with Gasteiger partial charge in [0.15, 0.2) is 11.5 Å². The number of H-pyrrole nitrogens is 1. The summed E-state index contributed by atoms with van der Waals surface area (Å²) in [6.07, 6.45) is 5.26. The van der Waals surface area contributed by atoms with Crippen molar-refractivity contribution < 1.29 is 14.3 Å². The van der Waals surface area contributed by atoms with E-state index in [1.165, 1.54) is 6.42 Å². The van der Waals surface area contributed by atoms with Gasteiger partial charge in [-0.1, -0.05) is 6.42 Å². The summed E-state index contributed by atoms with van der Waals surface area (Å²) < 4.78 is 12.2.